The van der Waals surface area contributed by atoms with Gasteiger partial charge in [-0.05, 0) is 49.3 Å². The third-order valence-corrected chi connectivity index (χ3v) is 4.30. The van der Waals surface area contributed by atoms with Crippen LogP contribution in [0.1, 0.15) is 29.6 Å². The van der Waals surface area contributed by atoms with Gasteiger partial charge in [0, 0.05) is 10.4 Å². The normalized spacial score (nSPS) is 31.2. The Kier molecular flexibility index (Phi) is 2.39. The highest BCUT2D eigenvalue weighted by atomic mass is 79.9. The van der Waals surface area contributed by atoms with Crippen molar-refractivity contribution in [3.8, 4) is 0 Å². The third kappa shape index (κ3) is 1.71. The molecule has 2 aliphatic rings. The Morgan fingerprint density at radius 3 is 2.62 bits per heavy atom. The second-order valence-corrected chi connectivity index (χ2v) is 5.83. The Balaban J connectivity index is 1.85. The molecule has 0 radical (unpaired) electrons. The number of carbonyl (C=O) groups is 1. The second kappa shape index (κ2) is 3.66. The minimum absolute atomic E-state index is 0.00833. The predicted octanol–water partition coefficient (Wildman–Crippen LogP) is 3.82. The molecule has 0 N–H and O–H groups in total. The monoisotopic (exact) mass is 282 g/mol. The number of hydrogen-bond donors (Lipinski definition) is 0. The molecule has 0 amide bonds. The number of hydrogen-bond acceptors (Lipinski definition) is 1. The summed E-state index contributed by atoms with van der Waals surface area (Å²) in [6.45, 7) is 0. The predicted molar refractivity (Wildman–Crippen MR) is 62.8 cm³/mol. The minimum Gasteiger partial charge on any atom is -0.294 e. The first kappa shape index (κ1) is 10.5. The molecule has 1 nitrogen and oxygen atoms in total. The second-order valence-electron chi connectivity index (χ2n) is 4.91. The molecule has 1 aromatic rings. The van der Waals surface area contributed by atoms with Gasteiger partial charge in [0.1, 0.15) is 5.82 Å². The Hall–Kier alpha value is -0.700. The van der Waals surface area contributed by atoms with E-state index in [1.165, 1.54) is 12.5 Å². The first-order chi connectivity index (χ1) is 7.65. The number of fused-ring (bicyclic) bond motifs is 1. The first-order valence-electron chi connectivity index (χ1n) is 5.64. The standard InChI is InChI=1S/C13H12BrFO/c14-10-1-2-12(15)11(6-10)13(16)9-4-7-3-8(7)5-9/h1-2,6-9H,3-5H2. The van der Waals surface area contributed by atoms with Crippen LogP contribution in [0.5, 0.6) is 0 Å². The van der Waals surface area contributed by atoms with Crippen LogP contribution in [-0.4, -0.2) is 5.78 Å². The summed E-state index contributed by atoms with van der Waals surface area (Å²) < 4.78 is 14.3. The number of halogens is 2. The number of benzene rings is 1. The van der Waals surface area contributed by atoms with Gasteiger partial charge in [-0.15, -0.1) is 0 Å². The van der Waals surface area contributed by atoms with Crippen LogP contribution in [0.25, 0.3) is 0 Å². The fraction of sp³-hybridized carbons (Fsp3) is 0.462. The van der Waals surface area contributed by atoms with E-state index in [1.54, 1.807) is 12.1 Å². The van der Waals surface area contributed by atoms with Crippen LogP contribution < -0.4 is 0 Å². The van der Waals surface area contributed by atoms with E-state index in [2.05, 4.69) is 15.9 Å². The summed E-state index contributed by atoms with van der Waals surface area (Å²) in [5.74, 6) is 1.17. The highest BCUT2D eigenvalue weighted by Crippen LogP contribution is 2.55. The molecule has 3 heteroatoms. The number of Topliss-reactive ketones (excluding diaryl/α,β-unsaturated/α-hetero) is 1. The van der Waals surface area contributed by atoms with Gasteiger partial charge in [-0.3, -0.25) is 4.79 Å². The van der Waals surface area contributed by atoms with Crippen LogP contribution in [0.15, 0.2) is 22.7 Å². The minimum atomic E-state index is -0.395. The lowest BCUT2D eigenvalue weighted by atomic mass is 9.93. The summed E-state index contributed by atoms with van der Waals surface area (Å²) >= 11 is 3.27. The quantitative estimate of drug-likeness (QED) is 0.754. The van der Waals surface area contributed by atoms with E-state index >= 15 is 0 Å². The molecule has 0 aliphatic heterocycles. The zero-order valence-corrected chi connectivity index (χ0v) is 10.3. The van der Waals surface area contributed by atoms with Gasteiger partial charge >= 0.3 is 0 Å². The van der Waals surface area contributed by atoms with Gasteiger partial charge in [-0.25, -0.2) is 4.39 Å². The summed E-state index contributed by atoms with van der Waals surface area (Å²) in [7, 11) is 0. The Labute approximate surface area is 102 Å². The number of ketones is 1. The average molecular weight is 283 g/mol. The van der Waals surface area contributed by atoms with Crippen molar-refractivity contribution < 1.29 is 9.18 Å². The molecular formula is C13H12BrFO. The highest BCUT2D eigenvalue weighted by molar-refractivity contribution is 9.10. The molecule has 2 fully saturated rings. The first-order valence-corrected chi connectivity index (χ1v) is 6.43. The van der Waals surface area contributed by atoms with Crippen molar-refractivity contribution in [3.63, 3.8) is 0 Å². The largest absolute Gasteiger partial charge is 0.294 e. The molecule has 3 rings (SSSR count). The lowest BCUT2D eigenvalue weighted by molar-refractivity contribution is 0.0910. The molecule has 0 aromatic heterocycles. The van der Waals surface area contributed by atoms with E-state index in [9.17, 15) is 9.18 Å². The van der Waals surface area contributed by atoms with Gasteiger partial charge in [-0.1, -0.05) is 15.9 Å². The van der Waals surface area contributed by atoms with Crippen LogP contribution in [-0.2, 0) is 0 Å². The van der Waals surface area contributed by atoms with Gasteiger partial charge < -0.3 is 0 Å². The van der Waals surface area contributed by atoms with E-state index in [-0.39, 0.29) is 17.3 Å². The molecule has 0 bridgehead atoms. The fourth-order valence-electron chi connectivity index (χ4n) is 2.84. The summed E-state index contributed by atoms with van der Waals surface area (Å²) in [5.41, 5.74) is 0.251. The van der Waals surface area contributed by atoms with E-state index in [4.69, 9.17) is 0 Å². The molecule has 1 aromatic carbocycles. The van der Waals surface area contributed by atoms with E-state index < -0.39 is 5.82 Å². The van der Waals surface area contributed by atoms with E-state index in [0.717, 1.165) is 29.2 Å². The summed E-state index contributed by atoms with van der Waals surface area (Å²) in [4.78, 5) is 12.1. The van der Waals surface area contributed by atoms with Crippen LogP contribution in [0.2, 0.25) is 0 Å². The Morgan fingerprint density at radius 2 is 1.94 bits per heavy atom. The van der Waals surface area contributed by atoms with Crippen molar-refractivity contribution >= 4 is 21.7 Å². The summed E-state index contributed by atoms with van der Waals surface area (Å²) in [6.07, 6.45) is 3.22. The molecule has 2 saturated carbocycles. The van der Waals surface area contributed by atoms with Crippen molar-refractivity contribution in [2.24, 2.45) is 17.8 Å². The number of rotatable bonds is 2. The maximum absolute atomic E-state index is 13.5. The van der Waals surface area contributed by atoms with Crippen LogP contribution >= 0.6 is 15.9 Å². The van der Waals surface area contributed by atoms with E-state index in [0.29, 0.717) is 0 Å². The zero-order chi connectivity index (χ0) is 11.3. The molecule has 0 saturated heterocycles. The molecule has 2 unspecified atom stereocenters. The summed E-state index contributed by atoms with van der Waals surface area (Å²) in [5, 5.41) is 0. The van der Waals surface area contributed by atoms with Gasteiger partial charge in [0.25, 0.3) is 0 Å². The molecule has 2 atom stereocenters. The molecule has 2 aliphatic carbocycles. The molecule has 0 heterocycles. The Bertz CT molecular complexity index is 447. The smallest absolute Gasteiger partial charge is 0.168 e. The maximum Gasteiger partial charge on any atom is 0.168 e. The highest BCUT2D eigenvalue weighted by Gasteiger charge is 2.48. The van der Waals surface area contributed by atoms with Crippen molar-refractivity contribution in [2.75, 3.05) is 0 Å². The Morgan fingerprint density at radius 1 is 1.25 bits per heavy atom. The molecule has 16 heavy (non-hydrogen) atoms. The molecule has 0 spiro atoms. The molecule has 84 valence electrons. The van der Waals surface area contributed by atoms with Gasteiger partial charge in [0.2, 0.25) is 0 Å². The topological polar surface area (TPSA) is 17.1 Å². The van der Waals surface area contributed by atoms with Crippen molar-refractivity contribution in [1.29, 1.82) is 0 Å². The SMILES string of the molecule is O=C(c1cc(Br)ccc1F)C1CC2CC2C1. The van der Waals surface area contributed by atoms with Crippen molar-refractivity contribution in [1.82, 2.24) is 0 Å². The van der Waals surface area contributed by atoms with Crippen LogP contribution in [0, 0.1) is 23.6 Å². The van der Waals surface area contributed by atoms with Gasteiger partial charge in [-0.2, -0.15) is 0 Å². The lowest BCUT2D eigenvalue weighted by Crippen LogP contribution is -2.14. The number of carbonyl (C=O) groups excluding carboxylic acids is 1. The van der Waals surface area contributed by atoms with E-state index in [1.807, 2.05) is 0 Å². The zero-order valence-electron chi connectivity index (χ0n) is 8.75. The van der Waals surface area contributed by atoms with Crippen LogP contribution in [0.4, 0.5) is 4.39 Å². The maximum atomic E-state index is 13.5. The lowest BCUT2D eigenvalue weighted by Gasteiger charge is -2.11. The van der Waals surface area contributed by atoms with Gasteiger partial charge in [0.05, 0.1) is 5.56 Å². The van der Waals surface area contributed by atoms with Crippen LogP contribution in [0.3, 0.4) is 0 Å². The average Bonchev–Trinajstić information content (AvgIpc) is 2.88. The van der Waals surface area contributed by atoms with Crippen molar-refractivity contribution in [2.45, 2.75) is 19.3 Å². The fourth-order valence-corrected chi connectivity index (χ4v) is 3.20. The van der Waals surface area contributed by atoms with Crippen molar-refractivity contribution in [3.05, 3.63) is 34.1 Å². The van der Waals surface area contributed by atoms with Gasteiger partial charge in [0.15, 0.2) is 5.78 Å². The summed E-state index contributed by atoms with van der Waals surface area (Å²) in [6, 6.07) is 4.58. The molecular weight excluding hydrogens is 271 g/mol. The third-order valence-electron chi connectivity index (χ3n) is 3.81.